The van der Waals surface area contributed by atoms with Gasteiger partial charge >= 0.3 is 5.69 Å². The fourth-order valence-corrected chi connectivity index (χ4v) is 3.47. The van der Waals surface area contributed by atoms with Gasteiger partial charge in [-0.25, -0.2) is 9.78 Å². The molecule has 4 N–H and O–H groups in total. The van der Waals surface area contributed by atoms with Crippen molar-refractivity contribution in [3.63, 3.8) is 0 Å². The lowest BCUT2D eigenvalue weighted by Crippen LogP contribution is -2.37. The van der Waals surface area contributed by atoms with E-state index in [1.54, 1.807) is 18.2 Å². The molecule has 4 aromatic rings. The van der Waals surface area contributed by atoms with Gasteiger partial charge in [-0.2, -0.15) is 4.98 Å². The van der Waals surface area contributed by atoms with Gasteiger partial charge in [0.1, 0.15) is 11.6 Å². The summed E-state index contributed by atoms with van der Waals surface area (Å²) < 4.78 is 5.44. The van der Waals surface area contributed by atoms with Crippen molar-refractivity contribution in [1.29, 1.82) is 0 Å². The number of hydrogen-bond acceptors (Lipinski definition) is 7. The maximum atomic E-state index is 11.5. The van der Waals surface area contributed by atoms with Crippen LogP contribution in [0.3, 0.4) is 0 Å². The number of imidazole rings is 1. The van der Waals surface area contributed by atoms with Crippen LogP contribution in [0.1, 0.15) is 0 Å². The van der Waals surface area contributed by atoms with E-state index in [4.69, 9.17) is 14.7 Å². The standard InChI is InChI=1S/C21H20N6O3/c28-15-3-1-2-13(10-15)17-12-19(26-20(23-17)27-6-8-30-9-7-27)22-14-4-5-16-18(11-14)25-21(29)24-16/h1-5,10-12,28H,6-9H2,(H,22,23,26)(H2,24,25,29). The van der Waals surface area contributed by atoms with E-state index >= 15 is 0 Å². The van der Waals surface area contributed by atoms with Crippen LogP contribution in [0.4, 0.5) is 17.5 Å². The fraction of sp³-hybridized carbons (Fsp3) is 0.190. The van der Waals surface area contributed by atoms with E-state index in [9.17, 15) is 9.90 Å². The van der Waals surface area contributed by atoms with Crippen LogP contribution >= 0.6 is 0 Å². The topological polar surface area (TPSA) is 119 Å². The first-order valence-corrected chi connectivity index (χ1v) is 9.64. The Kier molecular flexibility index (Phi) is 4.56. The average molecular weight is 404 g/mol. The first-order chi connectivity index (χ1) is 14.6. The molecule has 1 fully saturated rings. The Morgan fingerprint density at radius 1 is 1.00 bits per heavy atom. The number of nitrogens with zero attached hydrogens (tertiary/aromatic N) is 3. The summed E-state index contributed by atoms with van der Waals surface area (Å²) in [5.74, 6) is 1.38. The molecule has 3 heterocycles. The number of rotatable bonds is 4. The molecular formula is C21H20N6O3. The second kappa shape index (κ2) is 7.53. The molecule has 0 saturated carbocycles. The van der Waals surface area contributed by atoms with E-state index in [1.165, 1.54) is 0 Å². The molecule has 30 heavy (non-hydrogen) atoms. The number of benzene rings is 2. The van der Waals surface area contributed by atoms with Crippen LogP contribution in [-0.4, -0.2) is 51.3 Å². The second-order valence-electron chi connectivity index (χ2n) is 7.05. The molecule has 0 radical (unpaired) electrons. The maximum absolute atomic E-state index is 11.5. The van der Waals surface area contributed by atoms with Crippen molar-refractivity contribution in [2.45, 2.75) is 0 Å². The molecule has 2 aromatic heterocycles. The molecule has 9 nitrogen and oxygen atoms in total. The van der Waals surface area contributed by atoms with Crippen molar-refractivity contribution < 1.29 is 9.84 Å². The highest BCUT2D eigenvalue weighted by atomic mass is 16.5. The van der Waals surface area contributed by atoms with E-state index in [2.05, 4.69) is 20.2 Å². The van der Waals surface area contributed by atoms with Crippen molar-refractivity contribution in [1.82, 2.24) is 19.9 Å². The van der Waals surface area contributed by atoms with Gasteiger partial charge in [-0.1, -0.05) is 12.1 Å². The Bertz CT molecular complexity index is 1260. The summed E-state index contributed by atoms with van der Waals surface area (Å²) >= 11 is 0. The SMILES string of the molecule is O=c1[nH]c2ccc(Nc3cc(-c4cccc(O)c4)nc(N4CCOCC4)n3)cc2[nH]1. The minimum atomic E-state index is -0.245. The first kappa shape index (κ1) is 18.2. The zero-order valence-corrected chi connectivity index (χ0v) is 16.1. The molecule has 152 valence electrons. The molecule has 0 atom stereocenters. The minimum Gasteiger partial charge on any atom is -0.508 e. The molecular weight excluding hydrogens is 384 g/mol. The number of aromatic hydroxyl groups is 1. The zero-order valence-electron chi connectivity index (χ0n) is 16.1. The predicted octanol–water partition coefficient (Wildman–Crippen LogP) is 2.60. The Hall–Kier alpha value is -3.85. The Balaban J connectivity index is 1.54. The van der Waals surface area contributed by atoms with E-state index in [0.29, 0.717) is 49.3 Å². The van der Waals surface area contributed by atoms with Crippen LogP contribution < -0.4 is 15.9 Å². The Labute approximate surface area is 171 Å². The summed E-state index contributed by atoms with van der Waals surface area (Å²) in [6, 6.07) is 14.4. The first-order valence-electron chi connectivity index (χ1n) is 9.64. The molecule has 2 aromatic carbocycles. The number of aromatic nitrogens is 4. The Morgan fingerprint density at radius 3 is 2.67 bits per heavy atom. The number of morpholine rings is 1. The van der Waals surface area contributed by atoms with Crippen LogP contribution in [-0.2, 0) is 4.74 Å². The number of aromatic amines is 2. The third kappa shape index (κ3) is 3.70. The van der Waals surface area contributed by atoms with Crippen molar-refractivity contribution in [2.24, 2.45) is 0 Å². The molecule has 1 aliphatic rings. The summed E-state index contributed by atoms with van der Waals surface area (Å²) in [7, 11) is 0. The largest absolute Gasteiger partial charge is 0.508 e. The lowest BCUT2D eigenvalue weighted by Gasteiger charge is -2.27. The van der Waals surface area contributed by atoms with Crippen LogP contribution in [0.15, 0.2) is 53.3 Å². The van der Waals surface area contributed by atoms with Crippen LogP contribution in [0, 0.1) is 0 Å². The van der Waals surface area contributed by atoms with Gasteiger partial charge in [0.15, 0.2) is 0 Å². The number of hydrogen-bond donors (Lipinski definition) is 4. The smallest absolute Gasteiger partial charge is 0.323 e. The lowest BCUT2D eigenvalue weighted by atomic mass is 10.1. The normalized spacial score (nSPS) is 14.2. The molecule has 0 unspecified atom stereocenters. The van der Waals surface area contributed by atoms with Gasteiger partial charge in [0.25, 0.3) is 0 Å². The molecule has 5 rings (SSSR count). The van der Waals surface area contributed by atoms with Crippen molar-refractivity contribution in [3.8, 4) is 17.0 Å². The molecule has 1 saturated heterocycles. The molecule has 0 bridgehead atoms. The Morgan fingerprint density at radius 2 is 1.83 bits per heavy atom. The second-order valence-corrected chi connectivity index (χ2v) is 7.05. The van der Waals surface area contributed by atoms with E-state index in [1.807, 2.05) is 30.3 Å². The number of nitrogens with one attached hydrogen (secondary N) is 3. The monoisotopic (exact) mass is 404 g/mol. The van der Waals surface area contributed by atoms with Crippen LogP contribution in [0.5, 0.6) is 5.75 Å². The van der Waals surface area contributed by atoms with E-state index in [-0.39, 0.29) is 11.4 Å². The summed E-state index contributed by atoms with van der Waals surface area (Å²) in [5.41, 5.74) is 3.47. The molecule has 1 aliphatic heterocycles. The number of fused-ring (bicyclic) bond motifs is 1. The zero-order chi connectivity index (χ0) is 20.5. The number of anilines is 3. The molecule has 0 aliphatic carbocycles. The van der Waals surface area contributed by atoms with Gasteiger partial charge < -0.3 is 30.0 Å². The number of phenolic OH excluding ortho intramolecular Hbond substituents is 1. The highest BCUT2D eigenvalue weighted by Crippen LogP contribution is 2.28. The third-order valence-electron chi connectivity index (χ3n) is 4.94. The van der Waals surface area contributed by atoms with Gasteiger partial charge in [-0.05, 0) is 30.3 Å². The summed E-state index contributed by atoms with van der Waals surface area (Å²) in [4.78, 5) is 28.5. The van der Waals surface area contributed by atoms with Gasteiger partial charge in [0.2, 0.25) is 5.95 Å². The lowest BCUT2D eigenvalue weighted by molar-refractivity contribution is 0.122. The predicted molar refractivity (Wildman–Crippen MR) is 114 cm³/mol. The number of H-pyrrole nitrogens is 2. The number of phenols is 1. The van der Waals surface area contributed by atoms with Crippen LogP contribution in [0.25, 0.3) is 22.3 Å². The molecule has 0 amide bonds. The quantitative estimate of drug-likeness (QED) is 0.413. The van der Waals surface area contributed by atoms with Gasteiger partial charge in [-0.15, -0.1) is 0 Å². The van der Waals surface area contributed by atoms with Crippen molar-refractivity contribution in [3.05, 3.63) is 59.0 Å². The van der Waals surface area contributed by atoms with E-state index < -0.39 is 0 Å². The highest BCUT2D eigenvalue weighted by Gasteiger charge is 2.17. The minimum absolute atomic E-state index is 0.176. The summed E-state index contributed by atoms with van der Waals surface area (Å²) in [5, 5.41) is 13.2. The third-order valence-corrected chi connectivity index (χ3v) is 4.94. The van der Waals surface area contributed by atoms with E-state index in [0.717, 1.165) is 16.8 Å². The summed E-state index contributed by atoms with van der Waals surface area (Å²) in [6.07, 6.45) is 0. The van der Waals surface area contributed by atoms with Gasteiger partial charge in [0.05, 0.1) is 29.9 Å². The van der Waals surface area contributed by atoms with Crippen molar-refractivity contribution >= 4 is 28.5 Å². The molecule has 0 spiro atoms. The average Bonchev–Trinajstić information content (AvgIpc) is 3.13. The number of ether oxygens (including phenoxy) is 1. The fourth-order valence-electron chi connectivity index (χ4n) is 3.47. The van der Waals surface area contributed by atoms with Gasteiger partial charge in [0, 0.05) is 30.4 Å². The maximum Gasteiger partial charge on any atom is 0.323 e. The van der Waals surface area contributed by atoms with Gasteiger partial charge in [-0.3, -0.25) is 0 Å². The van der Waals surface area contributed by atoms with Crippen LogP contribution in [0.2, 0.25) is 0 Å². The van der Waals surface area contributed by atoms with Crippen molar-refractivity contribution in [2.75, 3.05) is 36.5 Å². The molecule has 9 heteroatoms. The highest BCUT2D eigenvalue weighted by molar-refractivity contribution is 5.80. The summed E-state index contributed by atoms with van der Waals surface area (Å²) in [6.45, 7) is 2.67.